The Morgan fingerprint density at radius 3 is 2.46 bits per heavy atom. The quantitative estimate of drug-likeness (QED) is 0.564. The fourth-order valence-corrected chi connectivity index (χ4v) is 5.50. The summed E-state index contributed by atoms with van der Waals surface area (Å²) in [6.07, 6.45) is 1.81. The third-order valence-electron chi connectivity index (χ3n) is 4.30. The predicted molar refractivity (Wildman–Crippen MR) is 111 cm³/mol. The Hall–Kier alpha value is -0.740. The van der Waals surface area contributed by atoms with Crippen molar-refractivity contribution in [2.45, 2.75) is 18.9 Å². The summed E-state index contributed by atoms with van der Waals surface area (Å²) in [5.74, 6) is 1.67. The van der Waals surface area contributed by atoms with Gasteiger partial charge in [0.05, 0.1) is 21.4 Å². The third kappa shape index (κ3) is 3.60. The fourth-order valence-electron chi connectivity index (χ4n) is 3.17. The van der Waals surface area contributed by atoms with E-state index < -0.39 is 0 Å². The Labute approximate surface area is 169 Å². The highest BCUT2D eigenvalue weighted by Gasteiger charge is 2.23. The number of benzene rings is 2. The molecule has 6 heteroatoms. The van der Waals surface area contributed by atoms with Gasteiger partial charge in [-0.25, -0.2) is 0 Å². The minimum Gasteiger partial charge on any atom is -0.504 e. The van der Waals surface area contributed by atoms with E-state index in [4.69, 9.17) is 9.47 Å². The van der Waals surface area contributed by atoms with Crippen molar-refractivity contribution < 1.29 is 14.6 Å². The van der Waals surface area contributed by atoms with E-state index >= 15 is 0 Å². The molecule has 1 aliphatic rings. The molecule has 0 radical (unpaired) electrons. The molecule has 128 valence electrons. The molecular formula is C18H19I2NO3. The smallest absolute Gasteiger partial charge is 0.160 e. The molecule has 3 rings (SSSR count). The Balaban J connectivity index is 1.92. The van der Waals surface area contributed by atoms with Crippen molar-refractivity contribution in [2.75, 3.05) is 20.8 Å². The number of phenols is 1. The van der Waals surface area contributed by atoms with Crippen LogP contribution < -0.4 is 14.8 Å². The zero-order valence-corrected chi connectivity index (χ0v) is 17.8. The monoisotopic (exact) mass is 551 g/mol. The molecule has 0 fully saturated rings. The van der Waals surface area contributed by atoms with Crippen LogP contribution in [0.1, 0.15) is 22.7 Å². The van der Waals surface area contributed by atoms with Gasteiger partial charge in [-0.05, 0) is 106 Å². The average molecular weight is 551 g/mol. The van der Waals surface area contributed by atoms with Crippen molar-refractivity contribution in [3.05, 3.63) is 48.1 Å². The van der Waals surface area contributed by atoms with Crippen LogP contribution in [0.4, 0.5) is 0 Å². The summed E-state index contributed by atoms with van der Waals surface area (Å²) in [5.41, 5.74) is 3.65. The largest absolute Gasteiger partial charge is 0.504 e. The van der Waals surface area contributed by atoms with Crippen molar-refractivity contribution in [1.82, 2.24) is 5.32 Å². The molecule has 2 N–H and O–H groups in total. The van der Waals surface area contributed by atoms with Gasteiger partial charge in [-0.3, -0.25) is 0 Å². The van der Waals surface area contributed by atoms with Gasteiger partial charge in [0, 0.05) is 6.04 Å². The minimum atomic E-state index is 0.186. The van der Waals surface area contributed by atoms with E-state index in [0.717, 1.165) is 37.8 Å². The second-order valence-corrected chi connectivity index (χ2v) is 8.10. The number of ether oxygens (including phenoxy) is 2. The Morgan fingerprint density at radius 2 is 1.83 bits per heavy atom. The molecule has 0 amide bonds. The number of hydrogen-bond acceptors (Lipinski definition) is 4. The lowest BCUT2D eigenvalue weighted by Gasteiger charge is -2.28. The number of fused-ring (bicyclic) bond motifs is 1. The first-order valence-corrected chi connectivity index (χ1v) is 9.84. The molecule has 1 aliphatic heterocycles. The molecule has 0 unspecified atom stereocenters. The van der Waals surface area contributed by atoms with Gasteiger partial charge in [0.15, 0.2) is 11.5 Å². The van der Waals surface area contributed by atoms with E-state index in [1.165, 1.54) is 11.1 Å². The fraction of sp³-hybridized carbons (Fsp3) is 0.333. The van der Waals surface area contributed by atoms with E-state index in [9.17, 15) is 5.11 Å². The standard InChI is InChI=1S/C18H19I2NO3/c1-23-17-8-11-3-4-21-15(12(11)9-16(17)22)7-10-5-13(19)18(24-2)14(20)6-10/h5-6,8-9,15,21-22H,3-4,7H2,1-2H3/t15-/m0/s1. The zero-order valence-electron chi connectivity index (χ0n) is 13.5. The lowest BCUT2D eigenvalue weighted by Crippen LogP contribution is -2.31. The molecule has 0 aromatic heterocycles. The van der Waals surface area contributed by atoms with Crippen LogP contribution >= 0.6 is 45.2 Å². The molecule has 1 heterocycles. The van der Waals surface area contributed by atoms with Crippen LogP contribution in [0.5, 0.6) is 17.2 Å². The van der Waals surface area contributed by atoms with Crippen LogP contribution in [0.2, 0.25) is 0 Å². The molecule has 0 bridgehead atoms. The lowest BCUT2D eigenvalue weighted by molar-refractivity contribution is 0.370. The highest BCUT2D eigenvalue weighted by Crippen LogP contribution is 2.36. The van der Waals surface area contributed by atoms with Crippen LogP contribution in [0.25, 0.3) is 0 Å². The van der Waals surface area contributed by atoms with E-state index in [1.54, 1.807) is 14.2 Å². The first-order chi connectivity index (χ1) is 11.5. The van der Waals surface area contributed by atoms with E-state index in [0.29, 0.717) is 5.75 Å². The van der Waals surface area contributed by atoms with Crippen LogP contribution in [-0.4, -0.2) is 25.9 Å². The Kier molecular flexibility index (Phi) is 5.76. The van der Waals surface area contributed by atoms with Crippen molar-refractivity contribution in [1.29, 1.82) is 0 Å². The first kappa shape index (κ1) is 18.1. The van der Waals surface area contributed by atoms with Gasteiger partial charge in [0.25, 0.3) is 0 Å². The van der Waals surface area contributed by atoms with Gasteiger partial charge >= 0.3 is 0 Å². The summed E-state index contributed by atoms with van der Waals surface area (Å²) < 4.78 is 12.9. The molecule has 0 saturated carbocycles. The van der Waals surface area contributed by atoms with Crippen LogP contribution in [0.15, 0.2) is 24.3 Å². The third-order valence-corrected chi connectivity index (χ3v) is 5.91. The maximum atomic E-state index is 10.1. The SMILES string of the molecule is COc1cc2c(cc1O)[C@H](Cc1cc(I)c(OC)c(I)c1)NCC2. The number of methoxy groups -OCH3 is 2. The first-order valence-electron chi connectivity index (χ1n) is 7.68. The van der Waals surface area contributed by atoms with Gasteiger partial charge in [0.2, 0.25) is 0 Å². The van der Waals surface area contributed by atoms with Crippen molar-refractivity contribution >= 4 is 45.2 Å². The summed E-state index contributed by atoms with van der Waals surface area (Å²) >= 11 is 4.63. The summed E-state index contributed by atoms with van der Waals surface area (Å²) in [7, 11) is 3.29. The maximum Gasteiger partial charge on any atom is 0.160 e. The Morgan fingerprint density at radius 1 is 1.12 bits per heavy atom. The molecule has 1 atom stereocenters. The van der Waals surface area contributed by atoms with Crippen LogP contribution in [0, 0.1) is 7.14 Å². The van der Waals surface area contributed by atoms with Gasteiger partial charge in [-0.15, -0.1) is 0 Å². The summed E-state index contributed by atoms with van der Waals surface area (Å²) in [6.45, 7) is 0.927. The van der Waals surface area contributed by atoms with Gasteiger partial charge in [-0.1, -0.05) is 0 Å². The molecular weight excluding hydrogens is 532 g/mol. The average Bonchev–Trinajstić information content (AvgIpc) is 2.54. The van der Waals surface area contributed by atoms with Crippen LogP contribution in [0.3, 0.4) is 0 Å². The topological polar surface area (TPSA) is 50.7 Å². The number of phenolic OH excluding ortho intramolecular Hbond substituents is 1. The molecule has 0 saturated heterocycles. The number of aromatic hydroxyl groups is 1. The summed E-state index contributed by atoms with van der Waals surface area (Å²) in [4.78, 5) is 0. The summed E-state index contributed by atoms with van der Waals surface area (Å²) in [5, 5.41) is 13.7. The highest BCUT2D eigenvalue weighted by molar-refractivity contribution is 14.1. The van der Waals surface area contributed by atoms with Crippen molar-refractivity contribution in [3.63, 3.8) is 0 Å². The summed E-state index contributed by atoms with van der Waals surface area (Å²) in [6, 6.07) is 8.32. The van der Waals surface area contributed by atoms with E-state index in [1.807, 2.05) is 12.1 Å². The lowest BCUT2D eigenvalue weighted by atomic mass is 9.90. The molecule has 2 aromatic rings. The van der Waals surface area contributed by atoms with E-state index in [-0.39, 0.29) is 11.8 Å². The molecule has 0 aliphatic carbocycles. The minimum absolute atomic E-state index is 0.186. The number of hydrogen-bond donors (Lipinski definition) is 2. The second-order valence-electron chi connectivity index (χ2n) is 5.78. The van der Waals surface area contributed by atoms with E-state index in [2.05, 4.69) is 62.6 Å². The van der Waals surface area contributed by atoms with Crippen LogP contribution in [-0.2, 0) is 12.8 Å². The molecule has 4 nitrogen and oxygen atoms in total. The number of halogens is 2. The second kappa shape index (κ2) is 7.65. The predicted octanol–water partition coefficient (Wildman–Crippen LogP) is 4.05. The van der Waals surface area contributed by atoms with Gasteiger partial charge in [0.1, 0.15) is 5.75 Å². The van der Waals surface area contributed by atoms with Gasteiger partial charge in [-0.2, -0.15) is 0 Å². The maximum absolute atomic E-state index is 10.1. The van der Waals surface area contributed by atoms with Crippen molar-refractivity contribution in [2.24, 2.45) is 0 Å². The highest BCUT2D eigenvalue weighted by atomic mass is 127. The van der Waals surface area contributed by atoms with Gasteiger partial charge < -0.3 is 19.9 Å². The molecule has 0 spiro atoms. The Bertz CT molecular complexity index is 741. The van der Waals surface area contributed by atoms with Crippen molar-refractivity contribution in [3.8, 4) is 17.2 Å². The number of rotatable bonds is 4. The molecule has 2 aromatic carbocycles. The number of nitrogens with one attached hydrogen (secondary N) is 1. The molecule has 24 heavy (non-hydrogen) atoms. The normalized spacial score (nSPS) is 16.6. The zero-order chi connectivity index (χ0) is 17.3.